The third-order valence-electron chi connectivity index (χ3n) is 4.59. The Hall–Kier alpha value is -0.610. The Morgan fingerprint density at radius 2 is 2.16 bits per heavy atom. The standard InChI is InChI=1S/C15H29N3O/c1-18-9-3-6-14(11-18)17-15(19)8-7-12-4-2-5-13(16)10-12/h12-14H,2-11,16H2,1H3,(H,17,19). The first-order valence-electron chi connectivity index (χ1n) is 7.87. The van der Waals surface area contributed by atoms with Crippen molar-refractivity contribution in [2.75, 3.05) is 20.1 Å². The lowest BCUT2D eigenvalue weighted by molar-refractivity contribution is -0.122. The van der Waals surface area contributed by atoms with Crippen molar-refractivity contribution in [2.24, 2.45) is 11.7 Å². The van der Waals surface area contributed by atoms with Gasteiger partial charge in [-0.25, -0.2) is 0 Å². The van der Waals surface area contributed by atoms with Crippen LogP contribution >= 0.6 is 0 Å². The minimum Gasteiger partial charge on any atom is -0.352 e. The lowest BCUT2D eigenvalue weighted by atomic mass is 9.83. The fourth-order valence-corrected chi connectivity index (χ4v) is 3.51. The SMILES string of the molecule is CN1CCCC(NC(=O)CCC2CCCC(N)C2)C1. The first-order valence-corrected chi connectivity index (χ1v) is 7.87. The van der Waals surface area contributed by atoms with Crippen molar-refractivity contribution in [1.29, 1.82) is 0 Å². The Bertz CT molecular complexity index is 295. The summed E-state index contributed by atoms with van der Waals surface area (Å²) < 4.78 is 0. The predicted molar refractivity (Wildman–Crippen MR) is 77.8 cm³/mol. The topological polar surface area (TPSA) is 58.4 Å². The average Bonchev–Trinajstić information content (AvgIpc) is 2.36. The fraction of sp³-hybridized carbons (Fsp3) is 0.933. The van der Waals surface area contributed by atoms with E-state index in [9.17, 15) is 4.79 Å². The van der Waals surface area contributed by atoms with Crippen LogP contribution in [0, 0.1) is 5.92 Å². The summed E-state index contributed by atoms with van der Waals surface area (Å²) in [5, 5.41) is 3.19. The van der Waals surface area contributed by atoms with Crippen molar-refractivity contribution in [3.05, 3.63) is 0 Å². The zero-order valence-corrected chi connectivity index (χ0v) is 12.2. The number of nitrogens with zero attached hydrogens (tertiary/aromatic N) is 1. The second-order valence-electron chi connectivity index (χ2n) is 6.50. The molecular weight excluding hydrogens is 238 g/mol. The van der Waals surface area contributed by atoms with Gasteiger partial charge >= 0.3 is 0 Å². The van der Waals surface area contributed by atoms with E-state index in [0.717, 1.165) is 38.8 Å². The molecule has 0 bridgehead atoms. The summed E-state index contributed by atoms with van der Waals surface area (Å²) in [7, 11) is 2.13. The van der Waals surface area contributed by atoms with Gasteiger partial charge in [-0.3, -0.25) is 4.79 Å². The number of carbonyl (C=O) groups excluding carboxylic acids is 1. The number of rotatable bonds is 4. The number of hydrogen-bond donors (Lipinski definition) is 2. The van der Waals surface area contributed by atoms with E-state index in [2.05, 4.69) is 17.3 Å². The van der Waals surface area contributed by atoms with Crippen LogP contribution in [0.1, 0.15) is 51.4 Å². The molecule has 3 atom stereocenters. The maximum absolute atomic E-state index is 12.0. The number of likely N-dealkylation sites (tertiary alicyclic amines) is 1. The molecule has 110 valence electrons. The molecule has 3 N–H and O–H groups in total. The van der Waals surface area contributed by atoms with E-state index in [4.69, 9.17) is 5.73 Å². The van der Waals surface area contributed by atoms with Crippen molar-refractivity contribution < 1.29 is 4.79 Å². The van der Waals surface area contributed by atoms with Crippen LogP contribution in [0.25, 0.3) is 0 Å². The molecule has 1 aliphatic heterocycles. The first kappa shape index (κ1) is 14.8. The zero-order valence-electron chi connectivity index (χ0n) is 12.2. The molecule has 2 rings (SSSR count). The van der Waals surface area contributed by atoms with Crippen molar-refractivity contribution in [2.45, 2.75) is 63.5 Å². The minimum absolute atomic E-state index is 0.236. The molecule has 0 aromatic carbocycles. The van der Waals surface area contributed by atoms with Gasteiger partial charge in [-0.1, -0.05) is 12.8 Å². The Labute approximate surface area is 117 Å². The Morgan fingerprint density at radius 3 is 2.89 bits per heavy atom. The van der Waals surface area contributed by atoms with Crippen molar-refractivity contribution in [1.82, 2.24) is 10.2 Å². The van der Waals surface area contributed by atoms with Crippen LogP contribution in [0.2, 0.25) is 0 Å². The van der Waals surface area contributed by atoms with Gasteiger partial charge in [0.2, 0.25) is 5.91 Å². The van der Waals surface area contributed by atoms with Gasteiger partial charge in [-0.2, -0.15) is 0 Å². The number of likely N-dealkylation sites (N-methyl/N-ethyl adjacent to an activating group) is 1. The van der Waals surface area contributed by atoms with Gasteiger partial charge in [0.1, 0.15) is 0 Å². The molecule has 0 radical (unpaired) electrons. The van der Waals surface area contributed by atoms with Gasteiger partial charge in [0.05, 0.1) is 0 Å². The Morgan fingerprint density at radius 1 is 1.32 bits per heavy atom. The summed E-state index contributed by atoms with van der Waals surface area (Å²) in [6, 6.07) is 0.730. The molecule has 2 aliphatic rings. The zero-order chi connectivity index (χ0) is 13.7. The highest BCUT2D eigenvalue weighted by Gasteiger charge is 2.22. The third kappa shape index (κ3) is 5.11. The second kappa shape index (κ2) is 7.25. The maximum Gasteiger partial charge on any atom is 0.220 e. The molecule has 19 heavy (non-hydrogen) atoms. The summed E-state index contributed by atoms with van der Waals surface area (Å²) in [6.45, 7) is 2.16. The molecule has 0 aromatic rings. The van der Waals surface area contributed by atoms with Crippen LogP contribution in [-0.2, 0) is 4.79 Å². The van der Waals surface area contributed by atoms with Crippen LogP contribution in [0.3, 0.4) is 0 Å². The molecular formula is C15H29N3O. The van der Waals surface area contributed by atoms with Crippen molar-refractivity contribution in [3.63, 3.8) is 0 Å². The van der Waals surface area contributed by atoms with Crippen molar-refractivity contribution >= 4 is 5.91 Å². The maximum atomic E-state index is 12.0. The molecule has 1 saturated carbocycles. The highest BCUT2D eigenvalue weighted by atomic mass is 16.1. The van der Waals surface area contributed by atoms with Gasteiger partial charge in [0.25, 0.3) is 0 Å². The van der Waals surface area contributed by atoms with Crippen LogP contribution in [0.5, 0.6) is 0 Å². The second-order valence-corrected chi connectivity index (χ2v) is 6.50. The molecule has 1 aliphatic carbocycles. The number of piperidine rings is 1. The highest BCUT2D eigenvalue weighted by molar-refractivity contribution is 5.76. The number of carbonyl (C=O) groups is 1. The molecule has 2 fully saturated rings. The molecule has 4 heteroatoms. The predicted octanol–water partition coefficient (Wildman–Crippen LogP) is 1.49. The molecule has 1 amide bonds. The largest absolute Gasteiger partial charge is 0.352 e. The quantitative estimate of drug-likeness (QED) is 0.811. The first-order chi connectivity index (χ1) is 9.13. The van der Waals surface area contributed by atoms with Gasteiger partial charge in [-0.05, 0) is 51.6 Å². The van der Waals surface area contributed by atoms with Gasteiger partial charge in [0, 0.05) is 25.0 Å². The summed E-state index contributed by atoms with van der Waals surface area (Å²) >= 11 is 0. The number of nitrogens with one attached hydrogen (secondary N) is 1. The van der Waals surface area contributed by atoms with Crippen LogP contribution in [-0.4, -0.2) is 43.0 Å². The fourth-order valence-electron chi connectivity index (χ4n) is 3.51. The van der Waals surface area contributed by atoms with E-state index in [-0.39, 0.29) is 5.91 Å². The van der Waals surface area contributed by atoms with E-state index in [0.29, 0.717) is 24.4 Å². The van der Waals surface area contributed by atoms with Gasteiger partial charge in [-0.15, -0.1) is 0 Å². The van der Waals surface area contributed by atoms with Crippen LogP contribution < -0.4 is 11.1 Å². The summed E-state index contributed by atoms with van der Waals surface area (Å²) in [5.74, 6) is 0.906. The van der Waals surface area contributed by atoms with E-state index in [1.165, 1.54) is 19.3 Å². The van der Waals surface area contributed by atoms with E-state index in [1.807, 2.05) is 0 Å². The highest BCUT2D eigenvalue weighted by Crippen LogP contribution is 2.26. The molecule has 4 nitrogen and oxygen atoms in total. The number of hydrogen-bond acceptors (Lipinski definition) is 3. The molecule has 1 saturated heterocycles. The van der Waals surface area contributed by atoms with E-state index in [1.54, 1.807) is 0 Å². The summed E-state index contributed by atoms with van der Waals surface area (Å²) in [4.78, 5) is 14.3. The smallest absolute Gasteiger partial charge is 0.220 e. The van der Waals surface area contributed by atoms with Gasteiger partial charge in [0.15, 0.2) is 0 Å². The normalized spacial score (nSPS) is 33.1. The molecule has 0 aromatic heterocycles. The summed E-state index contributed by atoms with van der Waals surface area (Å²) in [5.41, 5.74) is 5.99. The molecule has 1 heterocycles. The van der Waals surface area contributed by atoms with Crippen molar-refractivity contribution in [3.8, 4) is 0 Å². The molecule has 0 spiro atoms. The van der Waals surface area contributed by atoms with E-state index < -0.39 is 0 Å². The third-order valence-corrected chi connectivity index (χ3v) is 4.59. The molecule has 3 unspecified atom stereocenters. The Kier molecular flexibility index (Phi) is 5.64. The lowest BCUT2D eigenvalue weighted by Crippen LogP contribution is -2.46. The van der Waals surface area contributed by atoms with Gasteiger partial charge < -0.3 is 16.0 Å². The minimum atomic E-state index is 0.236. The monoisotopic (exact) mass is 267 g/mol. The number of amides is 1. The average molecular weight is 267 g/mol. The number of nitrogens with two attached hydrogens (primary N) is 1. The van der Waals surface area contributed by atoms with Crippen LogP contribution in [0.15, 0.2) is 0 Å². The van der Waals surface area contributed by atoms with Crippen LogP contribution in [0.4, 0.5) is 0 Å². The lowest BCUT2D eigenvalue weighted by Gasteiger charge is -2.30. The van der Waals surface area contributed by atoms with E-state index >= 15 is 0 Å². The summed E-state index contributed by atoms with van der Waals surface area (Å²) in [6.07, 6.45) is 8.79. The Balaban J connectivity index is 1.63.